The molecule has 0 atom stereocenters. The highest BCUT2D eigenvalue weighted by atomic mass is 32.1. The molecule has 1 aromatic carbocycles. The van der Waals surface area contributed by atoms with Crippen LogP contribution >= 0.6 is 11.3 Å². The van der Waals surface area contributed by atoms with Gasteiger partial charge in [0.2, 0.25) is 0 Å². The number of benzene rings is 1. The smallest absolute Gasteiger partial charge is 0.297 e. The number of carbonyl (C=O) groups is 1. The van der Waals surface area contributed by atoms with Gasteiger partial charge < -0.3 is 0 Å². The van der Waals surface area contributed by atoms with Crippen molar-refractivity contribution in [3.63, 3.8) is 0 Å². The number of hydrogen-bond donors (Lipinski definition) is 0. The van der Waals surface area contributed by atoms with Crippen molar-refractivity contribution in [3.05, 3.63) is 34.2 Å². The molecule has 0 fully saturated rings. The maximum Gasteiger partial charge on any atom is 0.416 e. The summed E-state index contributed by atoms with van der Waals surface area (Å²) in [5.74, 6) is 0. The van der Waals surface area contributed by atoms with Gasteiger partial charge in [0.25, 0.3) is 0 Å². The minimum atomic E-state index is -4.34. The van der Waals surface area contributed by atoms with Gasteiger partial charge in [0.05, 0.1) is 10.4 Å². The van der Waals surface area contributed by atoms with Gasteiger partial charge in [-0.2, -0.15) is 13.2 Å². The van der Waals surface area contributed by atoms with E-state index < -0.39 is 11.7 Å². The van der Waals surface area contributed by atoms with Crippen LogP contribution in [0.5, 0.6) is 0 Å². The van der Waals surface area contributed by atoms with Gasteiger partial charge in [-0.3, -0.25) is 4.79 Å². The highest BCUT2D eigenvalue weighted by molar-refractivity contribution is 7.20. The Morgan fingerprint density at radius 2 is 2.00 bits per heavy atom. The summed E-state index contributed by atoms with van der Waals surface area (Å²) in [6.45, 7) is 1.66. The van der Waals surface area contributed by atoms with Gasteiger partial charge >= 0.3 is 6.18 Å². The minimum Gasteiger partial charge on any atom is -0.297 e. The summed E-state index contributed by atoms with van der Waals surface area (Å²) < 4.78 is 38.1. The van der Waals surface area contributed by atoms with Crippen LogP contribution < -0.4 is 0 Å². The van der Waals surface area contributed by atoms with E-state index >= 15 is 0 Å². The number of fused-ring (bicyclic) bond motifs is 1. The number of alkyl halides is 3. The second kappa shape index (κ2) is 3.59. The first-order chi connectivity index (χ1) is 7.43. The van der Waals surface area contributed by atoms with Crippen molar-refractivity contribution in [2.24, 2.45) is 0 Å². The Morgan fingerprint density at radius 1 is 1.31 bits per heavy atom. The van der Waals surface area contributed by atoms with Crippen LogP contribution in [-0.2, 0) is 6.18 Å². The fourth-order valence-corrected chi connectivity index (χ4v) is 2.53. The van der Waals surface area contributed by atoms with Crippen molar-refractivity contribution < 1.29 is 18.0 Å². The van der Waals surface area contributed by atoms with E-state index in [-0.39, 0.29) is 0 Å². The predicted molar refractivity (Wildman–Crippen MR) is 57.0 cm³/mol. The third-order valence-electron chi connectivity index (χ3n) is 2.41. The fourth-order valence-electron chi connectivity index (χ4n) is 1.53. The molecule has 0 spiro atoms. The predicted octanol–water partition coefficient (Wildman–Crippen LogP) is 4.04. The Bertz CT molecular complexity index is 554. The number of thiophene rings is 1. The van der Waals surface area contributed by atoms with Crippen molar-refractivity contribution in [2.45, 2.75) is 13.1 Å². The first kappa shape index (κ1) is 11.1. The van der Waals surface area contributed by atoms with Crippen molar-refractivity contribution in [3.8, 4) is 0 Å². The molecular formula is C11H7F3OS. The minimum absolute atomic E-state index is 0.481. The Morgan fingerprint density at radius 3 is 2.56 bits per heavy atom. The van der Waals surface area contributed by atoms with Crippen LogP contribution in [0.15, 0.2) is 18.2 Å². The van der Waals surface area contributed by atoms with Crippen molar-refractivity contribution in [2.75, 3.05) is 0 Å². The Labute approximate surface area is 93.5 Å². The van der Waals surface area contributed by atoms with Crippen LogP contribution in [0, 0.1) is 6.92 Å². The molecule has 1 nitrogen and oxygen atoms in total. The molecule has 1 heterocycles. The molecule has 1 aromatic heterocycles. The summed E-state index contributed by atoms with van der Waals surface area (Å²) in [4.78, 5) is 11.1. The molecule has 5 heteroatoms. The van der Waals surface area contributed by atoms with Gasteiger partial charge in [-0.05, 0) is 36.1 Å². The molecule has 0 N–H and O–H groups in total. The fraction of sp³-hybridized carbons (Fsp3) is 0.182. The molecule has 0 aliphatic carbocycles. The lowest BCUT2D eigenvalue weighted by Crippen LogP contribution is -2.03. The highest BCUT2D eigenvalue weighted by Crippen LogP contribution is 2.35. The second-order valence-corrected chi connectivity index (χ2v) is 4.50. The molecule has 84 valence electrons. The number of halogens is 3. The third kappa shape index (κ3) is 1.71. The van der Waals surface area contributed by atoms with E-state index in [1.807, 2.05) is 0 Å². The van der Waals surface area contributed by atoms with E-state index in [4.69, 9.17) is 0 Å². The Kier molecular flexibility index (Phi) is 2.50. The maximum absolute atomic E-state index is 12.5. The quantitative estimate of drug-likeness (QED) is 0.692. The highest BCUT2D eigenvalue weighted by Gasteiger charge is 2.30. The largest absolute Gasteiger partial charge is 0.416 e. The van der Waals surface area contributed by atoms with Crippen LogP contribution in [0.1, 0.15) is 20.8 Å². The lowest BCUT2D eigenvalue weighted by atomic mass is 10.1. The lowest BCUT2D eigenvalue weighted by molar-refractivity contribution is -0.137. The van der Waals surface area contributed by atoms with Gasteiger partial charge in [-0.25, -0.2) is 0 Å². The molecule has 2 rings (SSSR count). The van der Waals surface area contributed by atoms with E-state index in [1.54, 1.807) is 6.92 Å². The maximum atomic E-state index is 12.5. The number of rotatable bonds is 1. The summed E-state index contributed by atoms with van der Waals surface area (Å²) in [6.07, 6.45) is -3.67. The summed E-state index contributed by atoms with van der Waals surface area (Å²) >= 11 is 1.21. The monoisotopic (exact) mass is 244 g/mol. The van der Waals surface area contributed by atoms with Crippen LogP contribution in [0.2, 0.25) is 0 Å². The lowest BCUT2D eigenvalue weighted by Gasteiger charge is -2.06. The zero-order chi connectivity index (χ0) is 11.9. The van der Waals surface area contributed by atoms with Gasteiger partial charge in [-0.1, -0.05) is 0 Å². The molecule has 0 amide bonds. The SMILES string of the molecule is Cc1c(C=O)sc2ccc(C(F)(F)F)cc12. The molecule has 0 saturated carbocycles. The second-order valence-electron chi connectivity index (χ2n) is 3.42. The molecule has 0 unspecified atom stereocenters. The molecule has 0 aliphatic rings. The van der Waals surface area contributed by atoms with E-state index in [1.165, 1.54) is 17.4 Å². The van der Waals surface area contributed by atoms with Crippen LogP contribution in [0.3, 0.4) is 0 Å². The van der Waals surface area contributed by atoms with Gasteiger partial charge in [0.15, 0.2) is 6.29 Å². The van der Waals surface area contributed by atoms with Crippen molar-refractivity contribution in [1.82, 2.24) is 0 Å². The molecule has 16 heavy (non-hydrogen) atoms. The first-order valence-electron chi connectivity index (χ1n) is 4.49. The molecular weight excluding hydrogens is 237 g/mol. The number of aldehydes is 1. The number of hydrogen-bond acceptors (Lipinski definition) is 2. The van der Waals surface area contributed by atoms with E-state index in [0.717, 1.165) is 12.1 Å². The Balaban J connectivity index is 2.70. The average molecular weight is 244 g/mol. The van der Waals surface area contributed by atoms with Gasteiger partial charge in [-0.15, -0.1) is 11.3 Å². The Hall–Kier alpha value is -1.36. The third-order valence-corrected chi connectivity index (χ3v) is 3.61. The van der Waals surface area contributed by atoms with Gasteiger partial charge in [0, 0.05) is 4.70 Å². The van der Waals surface area contributed by atoms with E-state index in [9.17, 15) is 18.0 Å². The molecule has 0 saturated heterocycles. The molecule has 0 bridgehead atoms. The van der Waals surface area contributed by atoms with Crippen molar-refractivity contribution in [1.29, 1.82) is 0 Å². The first-order valence-corrected chi connectivity index (χ1v) is 5.30. The summed E-state index contributed by atoms with van der Waals surface area (Å²) in [6, 6.07) is 3.53. The van der Waals surface area contributed by atoms with Gasteiger partial charge in [0.1, 0.15) is 0 Å². The number of carbonyl (C=O) groups excluding carboxylic acids is 1. The molecule has 0 radical (unpaired) electrons. The summed E-state index contributed by atoms with van der Waals surface area (Å²) in [5.41, 5.74) is -0.0700. The zero-order valence-corrected chi connectivity index (χ0v) is 9.08. The van der Waals surface area contributed by atoms with Crippen molar-refractivity contribution >= 4 is 27.7 Å². The summed E-state index contributed by atoms with van der Waals surface area (Å²) in [7, 11) is 0. The summed E-state index contributed by atoms with van der Waals surface area (Å²) in [5, 5.41) is 0.502. The standard InChI is InChI=1S/C11H7F3OS/c1-6-8-4-7(11(12,13)14)2-3-9(8)16-10(6)5-15/h2-5H,1H3. The topological polar surface area (TPSA) is 17.1 Å². The molecule has 2 aromatic rings. The molecule has 0 aliphatic heterocycles. The van der Waals surface area contributed by atoms with Crippen LogP contribution in [0.4, 0.5) is 13.2 Å². The van der Waals surface area contributed by atoms with Crippen LogP contribution in [-0.4, -0.2) is 6.29 Å². The zero-order valence-electron chi connectivity index (χ0n) is 8.26. The normalized spacial score (nSPS) is 12.0. The number of aryl methyl sites for hydroxylation is 1. The van der Waals surface area contributed by atoms with E-state index in [0.29, 0.717) is 26.8 Å². The van der Waals surface area contributed by atoms with E-state index in [2.05, 4.69) is 0 Å². The average Bonchev–Trinajstić information content (AvgIpc) is 2.54. The van der Waals surface area contributed by atoms with Crippen LogP contribution in [0.25, 0.3) is 10.1 Å².